The standard InChI is InChI=1S/C8H11Cl2N5O/c1-3-11-7(16)4(2)12-6-5(9)14-15-8(10)13-6/h4H,3H2,1-2H3,(H,11,16)(H,12,13,15). The summed E-state index contributed by atoms with van der Waals surface area (Å²) in [6.45, 7) is 4.07. The second kappa shape index (κ2) is 5.81. The number of rotatable bonds is 4. The van der Waals surface area contributed by atoms with Crippen LogP contribution in [0.1, 0.15) is 13.8 Å². The van der Waals surface area contributed by atoms with E-state index in [0.29, 0.717) is 6.54 Å². The van der Waals surface area contributed by atoms with Gasteiger partial charge in [0.2, 0.25) is 11.2 Å². The van der Waals surface area contributed by atoms with Crippen molar-refractivity contribution in [1.82, 2.24) is 20.5 Å². The normalized spacial score (nSPS) is 12.0. The molecule has 1 rings (SSSR count). The van der Waals surface area contributed by atoms with Gasteiger partial charge in [0, 0.05) is 6.54 Å². The quantitative estimate of drug-likeness (QED) is 0.851. The maximum absolute atomic E-state index is 11.4. The molecule has 1 atom stereocenters. The van der Waals surface area contributed by atoms with Gasteiger partial charge in [0.05, 0.1) is 0 Å². The molecule has 8 heteroatoms. The van der Waals surface area contributed by atoms with Gasteiger partial charge in [0.15, 0.2) is 11.0 Å². The van der Waals surface area contributed by atoms with Crippen LogP contribution in [0.4, 0.5) is 5.82 Å². The maximum Gasteiger partial charge on any atom is 0.245 e. The molecule has 0 aliphatic carbocycles. The third kappa shape index (κ3) is 3.46. The Morgan fingerprint density at radius 2 is 2.12 bits per heavy atom. The van der Waals surface area contributed by atoms with Crippen LogP contribution >= 0.6 is 23.2 Å². The molecular formula is C8H11Cl2N5O. The van der Waals surface area contributed by atoms with E-state index in [0.717, 1.165) is 0 Å². The number of hydrogen-bond acceptors (Lipinski definition) is 5. The highest BCUT2D eigenvalue weighted by Crippen LogP contribution is 2.17. The first-order valence-electron chi connectivity index (χ1n) is 4.64. The highest BCUT2D eigenvalue weighted by Gasteiger charge is 2.15. The van der Waals surface area contributed by atoms with E-state index in [-0.39, 0.29) is 22.2 Å². The molecule has 0 fully saturated rings. The molecule has 0 spiro atoms. The molecule has 0 bridgehead atoms. The zero-order valence-electron chi connectivity index (χ0n) is 8.79. The van der Waals surface area contributed by atoms with Crippen molar-refractivity contribution < 1.29 is 4.79 Å². The highest BCUT2D eigenvalue weighted by molar-refractivity contribution is 6.32. The molecule has 0 aromatic carbocycles. The highest BCUT2D eigenvalue weighted by atomic mass is 35.5. The first-order valence-corrected chi connectivity index (χ1v) is 5.40. The summed E-state index contributed by atoms with van der Waals surface area (Å²) in [6.07, 6.45) is 0. The Morgan fingerprint density at radius 1 is 1.44 bits per heavy atom. The van der Waals surface area contributed by atoms with Crippen LogP contribution < -0.4 is 10.6 Å². The summed E-state index contributed by atoms with van der Waals surface area (Å²) in [7, 11) is 0. The molecule has 0 aliphatic heterocycles. The van der Waals surface area contributed by atoms with Gasteiger partial charge in [-0.2, -0.15) is 4.98 Å². The molecule has 1 unspecified atom stereocenters. The number of aromatic nitrogens is 3. The second-order valence-corrected chi connectivity index (χ2v) is 3.68. The van der Waals surface area contributed by atoms with Crippen LogP contribution in [0.2, 0.25) is 10.4 Å². The summed E-state index contributed by atoms with van der Waals surface area (Å²) in [6, 6.07) is -0.481. The Balaban J connectivity index is 2.72. The molecule has 16 heavy (non-hydrogen) atoms. The number of anilines is 1. The Kier molecular flexibility index (Phi) is 4.70. The first-order chi connectivity index (χ1) is 7.54. The van der Waals surface area contributed by atoms with Crippen LogP contribution in [0.3, 0.4) is 0 Å². The fraction of sp³-hybridized carbons (Fsp3) is 0.500. The summed E-state index contributed by atoms with van der Waals surface area (Å²) < 4.78 is 0. The average Bonchev–Trinajstić information content (AvgIpc) is 2.23. The van der Waals surface area contributed by atoms with Crippen LogP contribution in [0, 0.1) is 0 Å². The van der Waals surface area contributed by atoms with Crippen molar-refractivity contribution in [2.45, 2.75) is 19.9 Å². The summed E-state index contributed by atoms with van der Waals surface area (Å²) in [5.74, 6) is 0.0775. The topological polar surface area (TPSA) is 79.8 Å². The van der Waals surface area contributed by atoms with Crippen molar-refractivity contribution in [3.8, 4) is 0 Å². The number of nitrogens with zero attached hydrogens (tertiary/aromatic N) is 3. The van der Waals surface area contributed by atoms with Crippen molar-refractivity contribution >= 4 is 34.9 Å². The minimum absolute atomic E-state index is 0.0324. The molecule has 0 radical (unpaired) electrons. The lowest BCUT2D eigenvalue weighted by Gasteiger charge is -2.13. The van der Waals surface area contributed by atoms with Crippen LogP contribution in [-0.2, 0) is 4.79 Å². The van der Waals surface area contributed by atoms with E-state index in [9.17, 15) is 4.79 Å². The van der Waals surface area contributed by atoms with Crippen LogP contribution in [-0.4, -0.2) is 33.7 Å². The van der Waals surface area contributed by atoms with Gasteiger partial charge in [-0.3, -0.25) is 4.79 Å². The molecule has 2 N–H and O–H groups in total. The third-order valence-electron chi connectivity index (χ3n) is 1.72. The minimum atomic E-state index is -0.481. The summed E-state index contributed by atoms with van der Waals surface area (Å²) >= 11 is 11.3. The van der Waals surface area contributed by atoms with Crippen LogP contribution in [0.5, 0.6) is 0 Å². The molecule has 6 nitrogen and oxygen atoms in total. The maximum atomic E-state index is 11.4. The Labute approximate surface area is 103 Å². The zero-order chi connectivity index (χ0) is 12.1. The van der Waals surface area contributed by atoms with Gasteiger partial charge >= 0.3 is 0 Å². The summed E-state index contributed by atoms with van der Waals surface area (Å²) in [4.78, 5) is 15.3. The number of hydrogen-bond donors (Lipinski definition) is 2. The lowest BCUT2D eigenvalue weighted by atomic mass is 10.3. The number of carbonyl (C=O) groups is 1. The van der Waals surface area contributed by atoms with E-state index in [1.54, 1.807) is 6.92 Å². The number of likely N-dealkylation sites (N-methyl/N-ethyl adjacent to an activating group) is 1. The van der Waals surface area contributed by atoms with Gasteiger partial charge in [-0.25, -0.2) is 0 Å². The van der Waals surface area contributed by atoms with E-state index in [1.165, 1.54) is 0 Å². The van der Waals surface area contributed by atoms with Gasteiger partial charge < -0.3 is 10.6 Å². The Hall–Kier alpha value is -1.14. The largest absolute Gasteiger partial charge is 0.356 e. The Morgan fingerprint density at radius 3 is 2.75 bits per heavy atom. The van der Waals surface area contributed by atoms with Gasteiger partial charge in [0.1, 0.15) is 6.04 Å². The summed E-state index contributed by atoms with van der Waals surface area (Å²) in [5.41, 5.74) is 0. The molecule has 0 aliphatic rings. The Bertz CT molecular complexity index is 387. The SMILES string of the molecule is CCNC(=O)C(C)Nc1nc(Cl)nnc1Cl. The molecule has 0 saturated carbocycles. The van der Waals surface area contributed by atoms with Crippen molar-refractivity contribution in [2.24, 2.45) is 0 Å². The van der Waals surface area contributed by atoms with Crippen molar-refractivity contribution in [3.63, 3.8) is 0 Å². The number of amides is 1. The van der Waals surface area contributed by atoms with E-state index < -0.39 is 6.04 Å². The van der Waals surface area contributed by atoms with Crippen molar-refractivity contribution in [3.05, 3.63) is 10.4 Å². The third-order valence-corrected chi connectivity index (χ3v) is 2.13. The monoisotopic (exact) mass is 263 g/mol. The smallest absolute Gasteiger partial charge is 0.245 e. The first kappa shape index (κ1) is 12.9. The number of carbonyl (C=O) groups excluding carboxylic acids is 1. The molecular weight excluding hydrogens is 253 g/mol. The zero-order valence-corrected chi connectivity index (χ0v) is 10.3. The minimum Gasteiger partial charge on any atom is -0.356 e. The second-order valence-electron chi connectivity index (χ2n) is 2.98. The molecule has 1 amide bonds. The molecule has 1 aromatic heterocycles. The molecule has 0 saturated heterocycles. The van der Waals surface area contributed by atoms with Crippen molar-refractivity contribution in [2.75, 3.05) is 11.9 Å². The molecule has 88 valence electrons. The van der Waals surface area contributed by atoms with Crippen LogP contribution in [0.25, 0.3) is 0 Å². The fourth-order valence-corrected chi connectivity index (χ4v) is 1.24. The van der Waals surface area contributed by atoms with E-state index in [1.807, 2.05) is 6.92 Å². The van der Waals surface area contributed by atoms with Crippen LogP contribution in [0.15, 0.2) is 0 Å². The van der Waals surface area contributed by atoms with E-state index in [4.69, 9.17) is 23.2 Å². The van der Waals surface area contributed by atoms with Gasteiger partial charge in [-0.1, -0.05) is 11.6 Å². The van der Waals surface area contributed by atoms with E-state index in [2.05, 4.69) is 25.8 Å². The number of halogens is 2. The predicted molar refractivity (Wildman–Crippen MR) is 61.6 cm³/mol. The molecule has 1 aromatic rings. The van der Waals surface area contributed by atoms with Gasteiger partial charge in [0.25, 0.3) is 0 Å². The van der Waals surface area contributed by atoms with E-state index >= 15 is 0 Å². The van der Waals surface area contributed by atoms with Gasteiger partial charge in [-0.15, -0.1) is 10.2 Å². The fourth-order valence-electron chi connectivity index (χ4n) is 0.983. The number of nitrogens with one attached hydrogen (secondary N) is 2. The lowest BCUT2D eigenvalue weighted by molar-refractivity contribution is -0.121. The molecule has 1 heterocycles. The predicted octanol–water partition coefficient (Wildman–Crippen LogP) is 1.11. The average molecular weight is 264 g/mol. The lowest BCUT2D eigenvalue weighted by Crippen LogP contribution is -2.37. The van der Waals surface area contributed by atoms with Gasteiger partial charge in [-0.05, 0) is 25.4 Å². The van der Waals surface area contributed by atoms with Crippen molar-refractivity contribution in [1.29, 1.82) is 0 Å². The summed E-state index contributed by atoms with van der Waals surface area (Å²) in [5, 5.41) is 12.5.